The van der Waals surface area contributed by atoms with E-state index < -0.39 is 0 Å². The van der Waals surface area contributed by atoms with E-state index in [0.717, 1.165) is 31.4 Å². The van der Waals surface area contributed by atoms with E-state index in [0.29, 0.717) is 11.8 Å². The van der Waals surface area contributed by atoms with E-state index in [1.807, 2.05) is 6.92 Å². The van der Waals surface area contributed by atoms with Crippen LogP contribution >= 0.6 is 15.9 Å². The molecule has 0 bridgehead atoms. The SMILES string of the molecule is CC(CBr)CN1CCC(C(C)O)C1. The molecule has 0 aromatic heterocycles. The van der Waals surface area contributed by atoms with Crippen molar-refractivity contribution in [3.05, 3.63) is 0 Å². The van der Waals surface area contributed by atoms with Gasteiger partial charge in [-0.25, -0.2) is 0 Å². The third-order valence-corrected chi connectivity index (χ3v) is 3.93. The van der Waals surface area contributed by atoms with Crippen LogP contribution in [0.5, 0.6) is 0 Å². The first-order valence-corrected chi connectivity index (χ1v) is 6.22. The second-order valence-corrected chi connectivity index (χ2v) is 4.96. The molecule has 0 amide bonds. The van der Waals surface area contributed by atoms with E-state index in [2.05, 4.69) is 27.8 Å². The lowest BCUT2D eigenvalue weighted by Crippen LogP contribution is -2.28. The van der Waals surface area contributed by atoms with Gasteiger partial charge in [0.15, 0.2) is 0 Å². The number of aliphatic hydroxyl groups is 1. The monoisotopic (exact) mass is 249 g/mol. The Kier molecular flexibility index (Phi) is 4.70. The van der Waals surface area contributed by atoms with Gasteiger partial charge >= 0.3 is 0 Å². The molecule has 2 nitrogen and oxygen atoms in total. The highest BCUT2D eigenvalue weighted by atomic mass is 79.9. The number of aliphatic hydroxyl groups excluding tert-OH is 1. The molecule has 3 atom stereocenters. The Bertz CT molecular complexity index is 152. The summed E-state index contributed by atoms with van der Waals surface area (Å²) in [5, 5.41) is 10.5. The van der Waals surface area contributed by atoms with Gasteiger partial charge in [0, 0.05) is 18.4 Å². The molecule has 78 valence electrons. The molecule has 1 saturated heterocycles. The maximum absolute atomic E-state index is 9.43. The largest absolute Gasteiger partial charge is 0.393 e. The molecular formula is C10H20BrNO. The maximum Gasteiger partial charge on any atom is 0.0552 e. The lowest BCUT2D eigenvalue weighted by molar-refractivity contribution is 0.126. The number of rotatable bonds is 4. The summed E-state index contributed by atoms with van der Waals surface area (Å²) < 4.78 is 0. The van der Waals surface area contributed by atoms with Crippen LogP contribution in [0.4, 0.5) is 0 Å². The van der Waals surface area contributed by atoms with Crippen LogP contribution in [-0.2, 0) is 0 Å². The molecule has 0 aromatic carbocycles. The van der Waals surface area contributed by atoms with Gasteiger partial charge in [0.05, 0.1) is 6.10 Å². The minimum Gasteiger partial charge on any atom is -0.393 e. The van der Waals surface area contributed by atoms with Gasteiger partial charge in [-0.05, 0) is 31.7 Å². The third-order valence-electron chi connectivity index (χ3n) is 2.82. The van der Waals surface area contributed by atoms with Crippen molar-refractivity contribution >= 4 is 15.9 Å². The van der Waals surface area contributed by atoms with Crippen molar-refractivity contribution in [1.29, 1.82) is 0 Å². The summed E-state index contributed by atoms with van der Waals surface area (Å²) in [6, 6.07) is 0. The smallest absolute Gasteiger partial charge is 0.0552 e. The average molecular weight is 250 g/mol. The zero-order valence-electron chi connectivity index (χ0n) is 8.54. The van der Waals surface area contributed by atoms with Gasteiger partial charge < -0.3 is 10.0 Å². The van der Waals surface area contributed by atoms with Gasteiger partial charge in [-0.1, -0.05) is 22.9 Å². The van der Waals surface area contributed by atoms with E-state index in [1.54, 1.807) is 0 Å². The first-order valence-electron chi connectivity index (χ1n) is 5.10. The molecule has 1 rings (SSSR count). The molecule has 0 aromatic rings. The van der Waals surface area contributed by atoms with Crippen LogP contribution in [0.2, 0.25) is 0 Å². The summed E-state index contributed by atoms with van der Waals surface area (Å²) in [5.74, 6) is 1.22. The Labute approximate surface area is 89.4 Å². The predicted octanol–water partition coefficient (Wildman–Crippen LogP) is 1.72. The standard InChI is InChI=1S/C10H20BrNO/c1-8(5-11)6-12-4-3-10(7-12)9(2)13/h8-10,13H,3-7H2,1-2H3. The highest BCUT2D eigenvalue weighted by Crippen LogP contribution is 2.20. The van der Waals surface area contributed by atoms with E-state index in [-0.39, 0.29) is 6.10 Å². The topological polar surface area (TPSA) is 23.5 Å². The normalized spacial score (nSPS) is 29.1. The molecule has 3 heteroatoms. The summed E-state index contributed by atoms with van der Waals surface area (Å²) in [4.78, 5) is 2.46. The molecular weight excluding hydrogens is 230 g/mol. The Morgan fingerprint density at radius 2 is 2.23 bits per heavy atom. The lowest BCUT2D eigenvalue weighted by atomic mass is 10.0. The summed E-state index contributed by atoms with van der Waals surface area (Å²) in [6.07, 6.45) is 1.02. The molecule has 3 unspecified atom stereocenters. The minimum absolute atomic E-state index is 0.135. The van der Waals surface area contributed by atoms with Crippen molar-refractivity contribution in [2.75, 3.05) is 25.0 Å². The van der Waals surface area contributed by atoms with Crippen LogP contribution in [0.25, 0.3) is 0 Å². The van der Waals surface area contributed by atoms with Gasteiger partial charge in [0.2, 0.25) is 0 Å². The van der Waals surface area contributed by atoms with Gasteiger partial charge in [-0.15, -0.1) is 0 Å². The Balaban J connectivity index is 2.25. The number of nitrogens with zero attached hydrogens (tertiary/aromatic N) is 1. The second kappa shape index (κ2) is 5.32. The lowest BCUT2D eigenvalue weighted by Gasteiger charge is -2.20. The first kappa shape index (κ1) is 11.5. The number of halogens is 1. The summed E-state index contributed by atoms with van der Waals surface area (Å²) in [5.41, 5.74) is 0. The van der Waals surface area contributed by atoms with Crippen molar-refractivity contribution in [1.82, 2.24) is 4.90 Å². The van der Waals surface area contributed by atoms with E-state index in [4.69, 9.17) is 0 Å². The van der Waals surface area contributed by atoms with Crippen molar-refractivity contribution in [3.8, 4) is 0 Å². The Morgan fingerprint density at radius 1 is 1.54 bits per heavy atom. The number of alkyl halides is 1. The molecule has 0 radical (unpaired) electrons. The van der Waals surface area contributed by atoms with E-state index >= 15 is 0 Å². The van der Waals surface area contributed by atoms with Crippen LogP contribution in [0, 0.1) is 11.8 Å². The average Bonchev–Trinajstić information content (AvgIpc) is 2.52. The van der Waals surface area contributed by atoms with Crippen LogP contribution in [0.15, 0.2) is 0 Å². The minimum atomic E-state index is -0.135. The van der Waals surface area contributed by atoms with Crippen LogP contribution in [0.1, 0.15) is 20.3 Å². The molecule has 13 heavy (non-hydrogen) atoms. The molecule has 1 fully saturated rings. The molecule has 0 spiro atoms. The van der Waals surface area contributed by atoms with Gasteiger partial charge in [-0.2, -0.15) is 0 Å². The highest BCUT2D eigenvalue weighted by molar-refractivity contribution is 9.09. The van der Waals surface area contributed by atoms with Gasteiger partial charge in [-0.3, -0.25) is 0 Å². The van der Waals surface area contributed by atoms with Crippen molar-refractivity contribution < 1.29 is 5.11 Å². The molecule has 1 N–H and O–H groups in total. The number of hydrogen-bond acceptors (Lipinski definition) is 2. The zero-order valence-corrected chi connectivity index (χ0v) is 10.1. The number of hydrogen-bond donors (Lipinski definition) is 1. The van der Waals surface area contributed by atoms with Crippen LogP contribution < -0.4 is 0 Å². The van der Waals surface area contributed by atoms with Gasteiger partial charge in [0.1, 0.15) is 0 Å². The third kappa shape index (κ3) is 3.56. The van der Waals surface area contributed by atoms with Crippen LogP contribution in [-0.4, -0.2) is 41.1 Å². The Hall–Kier alpha value is 0.400. The van der Waals surface area contributed by atoms with Crippen molar-refractivity contribution in [2.24, 2.45) is 11.8 Å². The van der Waals surface area contributed by atoms with E-state index in [9.17, 15) is 5.11 Å². The fourth-order valence-electron chi connectivity index (χ4n) is 1.91. The summed E-state index contributed by atoms with van der Waals surface area (Å²) >= 11 is 3.49. The molecule has 0 saturated carbocycles. The zero-order chi connectivity index (χ0) is 9.84. The molecule has 1 aliphatic heterocycles. The fraction of sp³-hybridized carbons (Fsp3) is 1.00. The first-order chi connectivity index (χ1) is 6.13. The van der Waals surface area contributed by atoms with Crippen LogP contribution in [0.3, 0.4) is 0 Å². The quantitative estimate of drug-likeness (QED) is 0.768. The fourth-order valence-corrected chi connectivity index (χ4v) is 2.12. The summed E-state index contributed by atoms with van der Waals surface area (Å²) in [7, 11) is 0. The predicted molar refractivity (Wildman–Crippen MR) is 59.2 cm³/mol. The van der Waals surface area contributed by atoms with Crippen molar-refractivity contribution in [3.63, 3.8) is 0 Å². The second-order valence-electron chi connectivity index (χ2n) is 4.31. The molecule has 1 heterocycles. The summed E-state index contributed by atoms with van der Waals surface area (Å²) in [6.45, 7) is 7.56. The van der Waals surface area contributed by atoms with E-state index in [1.165, 1.54) is 0 Å². The molecule has 1 aliphatic rings. The molecule has 0 aliphatic carbocycles. The maximum atomic E-state index is 9.43. The van der Waals surface area contributed by atoms with Crippen molar-refractivity contribution in [2.45, 2.75) is 26.4 Å². The number of likely N-dealkylation sites (tertiary alicyclic amines) is 1. The van der Waals surface area contributed by atoms with Gasteiger partial charge in [0.25, 0.3) is 0 Å². The Morgan fingerprint density at radius 3 is 2.69 bits per heavy atom. The highest BCUT2D eigenvalue weighted by Gasteiger charge is 2.26.